The molecule has 1 saturated heterocycles. The summed E-state index contributed by atoms with van der Waals surface area (Å²) in [6, 6.07) is 9.14. The first-order valence-electron chi connectivity index (χ1n) is 7.94. The smallest absolute Gasteiger partial charge is 0.261 e. The molecule has 24 heavy (non-hydrogen) atoms. The Morgan fingerprint density at radius 3 is 2.29 bits per heavy atom. The summed E-state index contributed by atoms with van der Waals surface area (Å²) in [6.07, 6.45) is 3.91. The van der Waals surface area contributed by atoms with Crippen molar-refractivity contribution in [1.29, 1.82) is 0 Å². The molecular weight excluding hydrogens is 328 g/mol. The second-order valence-corrected chi connectivity index (χ2v) is 8.27. The first kappa shape index (κ1) is 16.9. The monoisotopic (exact) mass is 348 g/mol. The molecule has 0 spiro atoms. The highest BCUT2D eigenvalue weighted by Crippen LogP contribution is 2.27. The SMILES string of the molecule is CS(=O)(=O)N1CCC(CN2C(=O)C=C(c3ccccc3)C2=O)CC1. The van der Waals surface area contributed by atoms with Crippen LogP contribution in [0.2, 0.25) is 0 Å². The molecule has 0 aliphatic carbocycles. The Morgan fingerprint density at radius 1 is 1.08 bits per heavy atom. The number of imide groups is 1. The number of piperidine rings is 1. The van der Waals surface area contributed by atoms with E-state index in [1.807, 2.05) is 30.3 Å². The maximum Gasteiger partial charge on any atom is 0.261 e. The summed E-state index contributed by atoms with van der Waals surface area (Å²) in [4.78, 5) is 26.0. The molecular formula is C17H20N2O4S. The van der Waals surface area contributed by atoms with E-state index in [-0.39, 0.29) is 17.7 Å². The minimum absolute atomic E-state index is 0.138. The van der Waals surface area contributed by atoms with Crippen molar-refractivity contribution in [3.05, 3.63) is 42.0 Å². The van der Waals surface area contributed by atoms with Crippen LogP contribution in [-0.4, -0.2) is 55.3 Å². The first-order valence-corrected chi connectivity index (χ1v) is 9.79. The fourth-order valence-electron chi connectivity index (χ4n) is 3.19. The first-order chi connectivity index (χ1) is 11.4. The summed E-state index contributed by atoms with van der Waals surface area (Å²) in [5, 5.41) is 0. The van der Waals surface area contributed by atoms with E-state index >= 15 is 0 Å². The number of hydrogen-bond donors (Lipinski definition) is 0. The molecule has 2 heterocycles. The predicted molar refractivity (Wildman–Crippen MR) is 90.3 cm³/mol. The molecule has 0 saturated carbocycles. The van der Waals surface area contributed by atoms with E-state index in [9.17, 15) is 18.0 Å². The Hall–Kier alpha value is -1.99. The summed E-state index contributed by atoms with van der Waals surface area (Å²) >= 11 is 0. The van der Waals surface area contributed by atoms with E-state index in [2.05, 4.69) is 0 Å². The minimum atomic E-state index is -3.17. The van der Waals surface area contributed by atoms with Gasteiger partial charge >= 0.3 is 0 Å². The van der Waals surface area contributed by atoms with Crippen LogP contribution in [0, 0.1) is 5.92 Å². The standard InChI is InChI=1S/C17H20N2O4S/c1-24(22,23)18-9-7-13(8-10-18)12-19-16(20)11-15(17(19)21)14-5-3-2-4-6-14/h2-6,11,13H,7-10,12H2,1H3. The number of hydrogen-bond acceptors (Lipinski definition) is 4. The van der Waals surface area contributed by atoms with Crippen molar-refractivity contribution in [2.45, 2.75) is 12.8 Å². The third-order valence-electron chi connectivity index (χ3n) is 4.58. The molecule has 0 bridgehead atoms. The number of amides is 2. The molecule has 2 aliphatic rings. The van der Waals surface area contributed by atoms with E-state index in [4.69, 9.17) is 0 Å². The van der Waals surface area contributed by atoms with E-state index in [1.165, 1.54) is 21.5 Å². The number of benzene rings is 1. The second kappa shape index (κ2) is 6.49. The molecule has 1 fully saturated rings. The van der Waals surface area contributed by atoms with Crippen LogP contribution < -0.4 is 0 Å². The molecule has 0 unspecified atom stereocenters. The molecule has 0 N–H and O–H groups in total. The van der Waals surface area contributed by atoms with Crippen LogP contribution in [0.4, 0.5) is 0 Å². The van der Waals surface area contributed by atoms with Crippen molar-refractivity contribution in [3.8, 4) is 0 Å². The van der Waals surface area contributed by atoms with E-state index in [1.54, 1.807) is 0 Å². The Kier molecular flexibility index (Phi) is 4.56. The van der Waals surface area contributed by atoms with Crippen LogP contribution in [-0.2, 0) is 19.6 Å². The summed E-state index contributed by atoms with van der Waals surface area (Å²) in [6.45, 7) is 1.24. The van der Waals surface area contributed by atoms with Crippen molar-refractivity contribution in [1.82, 2.24) is 9.21 Å². The maximum atomic E-state index is 12.5. The lowest BCUT2D eigenvalue weighted by molar-refractivity contribution is -0.137. The zero-order valence-corrected chi connectivity index (χ0v) is 14.3. The Balaban J connectivity index is 1.64. The Morgan fingerprint density at radius 2 is 1.71 bits per heavy atom. The quantitative estimate of drug-likeness (QED) is 0.764. The van der Waals surface area contributed by atoms with Crippen molar-refractivity contribution >= 4 is 27.4 Å². The van der Waals surface area contributed by atoms with Gasteiger partial charge in [-0.25, -0.2) is 12.7 Å². The third-order valence-corrected chi connectivity index (χ3v) is 5.88. The normalized spacial score (nSPS) is 20.5. The van der Waals surface area contributed by atoms with Crippen LogP contribution in [0.1, 0.15) is 18.4 Å². The van der Waals surface area contributed by atoms with Gasteiger partial charge in [-0.15, -0.1) is 0 Å². The zero-order valence-electron chi connectivity index (χ0n) is 13.5. The van der Waals surface area contributed by atoms with Gasteiger partial charge in [0, 0.05) is 25.7 Å². The molecule has 1 aromatic rings. The average molecular weight is 348 g/mol. The van der Waals surface area contributed by atoms with Gasteiger partial charge in [0.2, 0.25) is 10.0 Å². The number of carbonyl (C=O) groups excluding carboxylic acids is 2. The van der Waals surface area contributed by atoms with E-state index < -0.39 is 10.0 Å². The fourth-order valence-corrected chi connectivity index (χ4v) is 4.06. The molecule has 7 heteroatoms. The topological polar surface area (TPSA) is 74.8 Å². The van der Waals surface area contributed by atoms with E-state index in [0.29, 0.717) is 38.0 Å². The molecule has 6 nitrogen and oxygen atoms in total. The molecule has 3 rings (SSSR count). The van der Waals surface area contributed by atoms with Gasteiger partial charge in [-0.3, -0.25) is 14.5 Å². The molecule has 0 aromatic heterocycles. The van der Waals surface area contributed by atoms with Crippen LogP contribution in [0.25, 0.3) is 5.57 Å². The fraction of sp³-hybridized carbons (Fsp3) is 0.412. The Labute approximate surface area is 141 Å². The van der Waals surface area contributed by atoms with Gasteiger partial charge in [0.1, 0.15) is 0 Å². The third kappa shape index (κ3) is 3.42. The number of rotatable bonds is 4. The van der Waals surface area contributed by atoms with E-state index in [0.717, 1.165) is 5.56 Å². The van der Waals surface area contributed by atoms with Gasteiger partial charge in [0.25, 0.3) is 11.8 Å². The summed E-state index contributed by atoms with van der Waals surface area (Å²) < 4.78 is 24.5. The molecule has 2 amide bonds. The van der Waals surface area contributed by atoms with Gasteiger partial charge in [-0.1, -0.05) is 30.3 Å². The van der Waals surface area contributed by atoms with Crippen LogP contribution in [0.3, 0.4) is 0 Å². The van der Waals surface area contributed by atoms with Crippen molar-refractivity contribution in [2.75, 3.05) is 25.9 Å². The van der Waals surface area contributed by atoms with Gasteiger partial charge < -0.3 is 0 Å². The summed E-state index contributed by atoms with van der Waals surface area (Å²) in [5.41, 5.74) is 1.17. The van der Waals surface area contributed by atoms with Crippen molar-refractivity contribution < 1.29 is 18.0 Å². The minimum Gasteiger partial charge on any atom is -0.275 e. The molecule has 0 atom stereocenters. The number of carbonyl (C=O) groups is 2. The Bertz CT molecular complexity index is 778. The molecule has 2 aliphatic heterocycles. The molecule has 1 aromatic carbocycles. The zero-order chi connectivity index (χ0) is 17.3. The van der Waals surface area contributed by atoms with Gasteiger partial charge in [-0.2, -0.15) is 0 Å². The van der Waals surface area contributed by atoms with Crippen molar-refractivity contribution in [2.24, 2.45) is 5.92 Å². The largest absolute Gasteiger partial charge is 0.275 e. The van der Waals surface area contributed by atoms with Crippen molar-refractivity contribution in [3.63, 3.8) is 0 Å². The lowest BCUT2D eigenvalue weighted by Crippen LogP contribution is -2.42. The predicted octanol–water partition coefficient (Wildman–Crippen LogP) is 1.11. The number of sulfonamides is 1. The van der Waals surface area contributed by atoms with Gasteiger partial charge in [0.15, 0.2) is 0 Å². The summed E-state index contributed by atoms with van der Waals surface area (Å²) in [7, 11) is -3.17. The highest BCUT2D eigenvalue weighted by atomic mass is 32.2. The summed E-state index contributed by atoms with van der Waals surface area (Å²) in [5.74, 6) is -0.416. The van der Waals surface area contributed by atoms with Crippen LogP contribution >= 0.6 is 0 Å². The second-order valence-electron chi connectivity index (χ2n) is 6.28. The lowest BCUT2D eigenvalue weighted by atomic mass is 9.97. The molecule has 128 valence electrons. The average Bonchev–Trinajstić information content (AvgIpc) is 2.83. The molecule has 0 radical (unpaired) electrons. The van der Waals surface area contributed by atoms with Gasteiger partial charge in [0.05, 0.1) is 11.8 Å². The maximum absolute atomic E-state index is 12.5. The highest BCUT2D eigenvalue weighted by Gasteiger charge is 2.34. The van der Waals surface area contributed by atoms with Crippen LogP contribution in [0.5, 0.6) is 0 Å². The van der Waals surface area contributed by atoms with Crippen LogP contribution in [0.15, 0.2) is 36.4 Å². The highest BCUT2D eigenvalue weighted by molar-refractivity contribution is 7.88. The number of nitrogens with zero attached hydrogens (tertiary/aromatic N) is 2. The van der Waals surface area contributed by atoms with Gasteiger partial charge in [-0.05, 0) is 24.3 Å². The lowest BCUT2D eigenvalue weighted by Gasteiger charge is -2.32.